The summed E-state index contributed by atoms with van der Waals surface area (Å²) >= 11 is 0. The van der Waals surface area contributed by atoms with E-state index in [1.807, 2.05) is 26.8 Å². The van der Waals surface area contributed by atoms with E-state index in [0.29, 0.717) is 11.4 Å². The lowest BCUT2D eigenvalue weighted by molar-refractivity contribution is -0.137. The van der Waals surface area contributed by atoms with E-state index in [0.717, 1.165) is 21.6 Å². The molecule has 1 aliphatic rings. The number of rotatable bonds is 5. The predicted molar refractivity (Wildman–Crippen MR) is 90.5 cm³/mol. The van der Waals surface area contributed by atoms with Crippen molar-refractivity contribution in [3.05, 3.63) is 34.5 Å². The molecule has 0 aromatic heterocycles. The van der Waals surface area contributed by atoms with Gasteiger partial charge in [-0.25, -0.2) is 0 Å². The number of aliphatic hydroxyl groups is 1. The molecule has 3 amide bonds. The van der Waals surface area contributed by atoms with Crippen LogP contribution >= 0.6 is 0 Å². The largest absolute Gasteiger partial charge is 0.395 e. The maximum Gasteiger partial charge on any atom is 0.277 e. The molecule has 0 spiro atoms. The van der Waals surface area contributed by atoms with E-state index in [9.17, 15) is 14.4 Å². The van der Waals surface area contributed by atoms with Crippen LogP contribution in [0.15, 0.2) is 17.8 Å². The normalized spacial score (nSPS) is 14.0. The summed E-state index contributed by atoms with van der Waals surface area (Å²) in [5.41, 5.74) is 4.08. The molecule has 1 heterocycles. The number of benzene rings is 1. The molecule has 0 fully saturated rings. The molecule has 2 rings (SSSR count). The number of hydrogen-bond acceptors (Lipinski definition) is 5. The Kier molecular flexibility index (Phi) is 5.04. The van der Waals surface area contributed by atoms with Crippen LogP contribution in [0.5, 0.6) is 0 Å². The monoisotopic (exact) mass is 331 g/mol. The van der Waals surface area contributed by atoms with Gasteiger partial charge in [-0.05, 0) is 37.5 Å². The van der Waals surface area contributed by atoms with E-state index in [-0.39, 0.29) is 24.8 Å². The number of aryl methyl sites for hydroxylation is 2. The average molecular weight is 331 g/mol. The Balaban J connectivity index is 2.37. The molecule has 7 heteroatoms. The molecule has 0 atom stereocenters. The van der Waals surface area contributed by atoms with Crippen LogP contribution in [0, 0.1) is 20.8 Å². The zero-order chi connectivity index (χ0) is 18.0. The Morgan fingerprint density at radius 1 is 1.17 bits per heavy atom. The molecular weight excluding hydrogens is 310 g/mol. The minimum absolute atomic E-state index is 0.0393. The number of amides is 3. The zero-order valence-corrected chi connectivity index (χ0v) is 14.2. The third kappa shape index (κ3) is 3.30. The fourth-order valence-corrected chi connectivity index (χ4v) is 2.79. The lowest BCUT2D eigenvalue weighted by Gasteiger charge is -2.19. The van der Waals surface area contributed by atoms with Crippen LogP contribution in [-0.4, -0.2) is 40.9 Å². The van der Waals surface area contributed by atoms with Crippen molar-refractivity contribution in [2.75, 3.05) is 23.8 Å². The van der Waals surface area contributed by atoms with Gasteiger partial charge in [0, 0.05) is 24.4 Å². The Morgan fingerprint density at radius 3 is 2.38 bits per heavy atom. The van der Waals surface area contributed by atoms with Gasteiger partial charge in [-0.15, -0.1) is 0 Å². The van der Waals surface area contributed by atoms with Crippen molar-refractivity contribution < 1.29 is 19.5 Å². The van der Waals surface area contributed by atoms with E-state index in [1.165, 1.54) is 13.0 Å². The minimum atomic E-state index is -0.477. The number of hydrogen-bond donors (Lipinski definition) is 3. The highest BCUT2D eigenvalue weighted by atomic mass is 16.3. The van der Waals surface area contributed by atoms with Gasteiger partial charge >= 0.3 is 0 Å². The smallest absolute Gasteiger partial charge is 0.277 e. The maximum absolute atomic E-state index is 12.3. The van der Waals surface area contributed by atoms with Crippen molar-refractivity contribution >= 4 is 29.1 Å². The number of nitrogens with one attached hydrogen (secondary N) is 2. The summed E-state index contributed by atoms with van der Waals surface area (Å²) in [6, 6.07) is 1.90. The summed E-state index contributed by atoms with van der Waals surface area (Å²) in [4.78, 5) is 36.5. The van der Waals surface area contributed by atoms with Crippen LogP contribution in [0.25, 0.3) is 0 Å². The van der Waals surface area contributed by atoms with Gasteiger partial charge in [-0.2, -0.15) is 0 Å². The van der Waals surface area contributed by atoms with Gasteiger partial charge in [-0.3, -0.25) is 19.3 Å². The number of aliphatic hydroxyl groups excluding tert-OH is 1. The molecule has 0 aliphatic carbocycles. The van der Waals surface area contributed by atoms with Crippen LogP contribution in [0.3, 0.4) is 0 Å². The molecule has 7 nitrogen and oxygen atoms in total. The fourth-order valence-electron chi connectivity index (χ4n) is 2.79. The molecule has 0 bridgehead atoms. The van der Waals surface area contributed by atoms with Crippen molar-refractivity contribution in [2.45, 2.75) is 27.7 Å². The van der Waals surface area contributed by atoms with E-state index in [1.54, 1.807) is 0 Å². The molecule has 24 heavy (non-hydrogen) atoms. The standard InChI is InChI=1S/C17H21N3O4/c1-9-7-10(2)16(11(3)15(9)18-12(4)22)19-13-8-14(23)20(5-6-21)17(13)24/h7-8,19,21H,5-6H2,1-4H3,(H,18,22). The van der Waals surface area contributed by atoms with Crippen LogP contribution in [0.1, 0.15) is 23.6 Å². The van der Waals surface area contributed by atoms with Gasteiger partial charge in [0.15, 0.2) is 0 Å². The molecule has 128 valence electrons. The number of nitrogens with zero attached hydrogens (tertiary/aromatic N) is 1. The van der Waals surface area contributed by atoms with E-state index < -0.39 is 11.8 Å². The maximum atomic E-state index is 12.3. The quantitative estimate of drug-likeness (QED) is 0.705. The van der Waals surface area contributed by atoms with E-state index in [4.69, 9.17) is 5.11 Å². The highest BCUT2D eigenvalue weighted by Crippen LogP contribution is 2.32. The molecule has 3 N–H and O–H groups in total. The number of carbonyl (C=O) groups excluding carboxylic acids is 3. The molecule has 0 radical (unpaired) electrons. The summed E-state index contributed by atoms with van der Waals surface area (Å²) in [5.74, 6) is -1.12. The average Bonchev–Trinajstić information content (AvgIpc) is 2.75. The lowest BCUT2D eigenvalue weighted by atomic mass is 10.0. The fraction of sp³-hybridized carbons (Fsp3) is 0.353. The van der Waals surface area contributed by atoms with Gasteiger partial charge in [-0.1, -0.05) is 6.07 Å². The first-order valence-corrected chi connectivity index (χ1v) is 7.60. The van der Waals surface area contributed by atoms with Gasteiger partial charge in [0.1, 0.15) is 5.70 Å². The third-order valence-corrected chi connectivity index (χ3v) is 3.87. The minimum Gasteiger partial charge on any atom is -0.395 e. The van der Waals surface area contributed by atoms with E-state index >= 15 is 0 Å². The third-order valence-electron chi connectivity index (χ3n) is 3.87. The summed E-state index contributed by atoms with van der Waals surface area (Å²) in [6.45, 7) is 6.71. The first-order valence-electron chi connectivity index (χ1n) is 7.60. The molecule has 0 unspecified atom stereocenters. The van der Waals surface area contributed by atoms with Crippen molar-refractivity contribution in [2.24, 2.45) is 0 Å². The van der Waals surface area contributed by atoms with Crippen LogP contribution < -0.4 is 10.6 Å². The number of anilines is 2. The summed E-state index contributed by atoms with van der Waals surface area (Å²) in [5, 5.41) is 14.7. The Bertz CT molecular complexity index is 753. The first-order chi connectivity index (χ1) is 11.3. The molecule has 1 aromatic rings. The zero-order valence-electron chi connectivity index (χ0n) is 14.2. The number of imide groups is 1. The Hall–Kier alpha value is -2.67. The summed E-state index contributed by atoms with van der Waals surface area (Å²) in [7, 11) is 0. The highest BCUT2D eigenvalue weighted by Gasteiger charge is 2.31. The molecule has 0 saturated carbocycles. The molecular formula is C17H21N3O4. The Morgan fingerprint density at radius 2 is 1.79 bits per heavy atom. The molecule has 0 saturated heterocycles. The molecule has 1 aliphatic heterocycles. The second-order valence-electron chi connectivity index (χ2n) is 5.77. The van der Waals surface area contributed by atoms with Crippen molar-refractivity contribution in [3.8, 4) is 0 Å². The summed E-state index contributed by atoms with van der Waals surface area (Å²) in [6.07, 6.45) is 1.22. The number of carbonyl (C=O) groups is 3. The van der Waals surface area contributed by atoms with Crippen LogP contribution in [0.4, 0.5) is 11.4 Å². The van der Waals surface area contributed by atoms with Crippen molar-refractivity contribution in [1.82, 2.24) is 4.90 Å². The van der Waals surface area contributed by atoms with Crippen molar-refractivity contribution in [3.63, 3.8) is 0 Å². The number of β-amino-alcohol motifs (C(OH)–C–C–N with tert-alkyl or cyclic N) is 1. The summed E-state index contributed by atoms with van der Waals surface area (Å²) < 4.78 is 0. The van der Waals surface area contributed by atoms with Gasteiger partial charge in [0.25, 0.3) is 11.8 Å². The van der Waals surface area contributed by atoms with Gasteiger partial charge < -0.3 is 15.7 Å². The highest BCUT2D eigenvalue weighted by molar-refractivity contribution is 6.17. The Labute approximate surface area is 140 Å². The van der Waals surface area contributed by atoms with Crippen LogP contribution in [0.2, 0.25) is 0 Å². The SMILES string of the molecule is CC(=O)Nc1c(C)cc(C)c(NC2=CC(=O)N(CCO)C2=O)c1C. The van der Waals surface area contributed by atoms with Gasteiger partial charge in [0.2, 0.25) is 5.91 Å². The van der Waals surface area contributed by atoms with Crippen LogP contribution in [-0.2, 0) is 14.4 Å². The first kappa shape index (κ1) is 17.7. The van der Waals surface area contributed by atoms with E-state index in [2.05, 4.69) is 10.6 Å². The van der Waals surface area contributed by atoms with Gasteiger partial charge in [0.05, 0.1) is 13.2 Å². The second kappa shape index (κ2) is 6.84. The van der Waals surface area contributed by atoms with Crippen molar-refractivity contribution in [1.29, 1.82) is 0 Å². The topological polar surface area (TPSA) is 98.7 Å². The lowest BCUT2D eigenvalue weighted by Crippen LogP contribution is -2.34. The second-order valence-corrected chi connectivity index (χ2v) is 5.77. The predicted octanol–water partition coefficient (Wildman–Crippen LogP) is 1.23. The molecule has 1 aromatic carbocycles.